The third-order valence-electron chi connectivity index (χ3n) is 2.37. The standard InChI is InChI=1S/C14H8Br4/c15-11-6-4-9(5-7-11)13(17)14(18)10-2-1-3-12(16)8-10/h1-8H/b14-13+. The summed E-state index contributed by atoms with van der Waals surface area (Å²) in [5, 5.41) is 0. The van der Waals surface area contributed by atoms with Gasteiger partial charge in [0.1, 0.15) is 0 Å². The first kappa shape index (κ1) is 14.5. The Hall–Kier alpha value is 0.1000. The van der Waals surface area contributed by atoms with Gasteiger partial charge in [0.15, 0.2) is 0 Å². The molecular weight excluding hydrogens is 488 g/mol. The first-order chi connectivity index (χ1) is 8.58. The second-order valence-electron chi connectivity index (χ2n) is 3.65. The summed E-state index contributed by atoms with van der Waals surface area (Å²) >= 11 is 14.2. The maximum atomic E-state index is 3.64. The molecule has 0 unspecified atom stereocenters. The molecule has 0 saturated carbocycles. The quantitative estimate of drug-likeness (QED) is 0.401. The highest BCUT2D eigenvalue weighted by Gasteiger charge is 2.06. The molecule has 2 aromatic rings. The fourth-order valence-electron chi connectivity index (χ4n) is 1.47. The minimum absolute atomic E-state index is 1.03. The van der Waals surface area contributed by atoms with Crippen molar-refractivity contribution in [3.05, 3.63) is 68.6 Å². The maximum Gasteiger partial charge on any atom is 0.0396 e. The molecule has 4 heteroatoms. The fourth-order valence-corrected chi connectivity index (χ4v) is 3.11. The lowest BCUT2D eigenvalue weighted by atomic mass is 10.1. The van der Waals surface area contributed by atoms with Crippen LogP contribution in [-0.4, -0.2) is 0 Å². The first-order valence-electron chi connectivity index (χ1n) is 5.15. The summed E-state index contributed by atoms with van der Waals surface area (Å²) < 4.78 is 4.21. The van der Waals surface area contributed by atoms with E-state index in [2.05, 4.69) is 88.0 Å². The fraction of sp³-hybridized carbons (Fsp3) is 0. The number of benzene rings is 2. The van der Waals surface area contributed by atoms with Crippen molar-refractivity contribution in [3.63, 3.8) is 0 Å². The van der Waals surface area contributed by atoms with Crippen LogP contribution in [0.5, 0.6) is 0 Å². The molecule has 0 aromatic heterocycles. The van der Waals surface area contributed by atoms with Gasteiger partial charge in [-0.1, -0.05) is 56.1 Å². The number of hydrogen-bond acceptors (Lipinski definition) is 0. The lowest BCUT2D eigenvalue weighted by Gasteiger charge is -2.06. The van der Waals surface area contributed by atoms with Crippen LogP contribution < -0.4 is 0 Å². The van der Waals surface area contributed by atoms with Crippen molar-refractivity contribution in [3.8, 4) is 0 Å². The monoisotopic (exact) mass is 492 g/mol. The van der Waals surface area contributed by atoms with Crippen molar-refractivity contribution in [2.24, 2.45) is 0 Å². The minimum Gasteiger partial charge on any atom is -0.0605 e. The summed E-state index contributed by atoms with van der Waals surface area (Å²) in [7, 11) is 0. The molecule has 0 saturated heterocycles. The zero-order valence-electron chi connectivity index (χ0n) is 9.13. The molecule has 0 atom stereocenters. The molecule has 0 bridgehead atoms. The van der Waals surface area contributed by atoms with E-state index in [0.717, 1.165) is 29.0 Å². The second-order valence-corrected chi connectivity index (χ2v) is 7.06. The highest BCUT2D eigenvalue weighted by atomic mass is 79.9. The molecule has 0 radical (unpaired) electrons. The van der Waals surface area contributed by atoms with E-state index in [1.165, 1.54) is 0 Å². The first-order valence-corrected chi connectivity index (χ1v) is 8.32. The van der Waals surface area contributed by atoms with E-state index in [0.29, 0.717) is 0 Å². The van der Waals surface area contributed by atoms with Crippen molar-refractivity contribution in [2.75, 3.05) is 0 Å². The smallest absolute Gasteiger partial charge is 0.0396 e. The maximum absolute atomic E-state index is 3.64. The highest BCUT2D eigenvalue weighted by molar-refractivity contribution is 9.18. The molecule has 0 aliphatic rings. The summed E-state index contributed by atoms with van der Waals surface area (Å²) in [5.74, 6) is 0. The second kappa shape index (κ2) is 6.51. The van der Waals surface area contributed by atoms with E-state index in [-0.39, 0.29) is 0 Å². The van der Waals surface area contributed by atoms with Crippen molar-refractivity contribution in [2.45, 2.75) is 0 Å². The number of halogens is 4. The Kier molecular flexibility index (Phi) is 5.24. The van der Waals surface area contributed by atoms with Crippen molar-refractivity contribution in [1.82, 2.24) is 0 Å². The lowest BCUT2D eigenvalue weighted by Crippen LogP contribution is -1.82. The van der Waals surface area contributed by atoms with Crippen molar-refractivity contribution >= 4 is 72.7 Å². The molecule has 0 N–H and O–H groups in total. The van der Waals surface area contributed by atoms with Crippen LogP contribution in [0.15, 0.2) is 57.5 Å². The predicted octanol–water partition coefficient (Wildman–Crippen LogP) is 6.83. The average Bonchev–Trinajstić information content (AvgIpc) is 2.38. The normalized spacial score (nSPS) is 12.2. The molecule has 18 heavy (non-hydrogen) atoms. The van der Waals surface area contributed by atoms with Gasteiger partial charge in [0.25, 0.3) is 0 Å². The van der Waals surface area contributed by atoms with Gasteiger partial charge in [0.05, 0.1) is 0 Å². The van der Waals surface area contributed by atoms with Crippen LogP contribution >= 0.6 is 63.7 Å². The largest absolute Gasteiger partial charge is 0.0605 e. The van der Waals surface area contributed by atoms with Crippen LogP contribution in [0.2, 0.25) is 0 Å². The van der Waals surface area contributed by atoms with Gasteiger partial charge in [-0.25, -0.2) is 0 Å². The van der Waals surface area contributed by atoms with Crippen molar-refractivity contribution < 1.29 is 0 Å². The Morgan fingerprint density at radius 3 is 1.89 bits per heavy atom. The molecule has 0 nitrogen and oxygen atoms in total. The zero-order chi connectivity index (χ0) is 13.1. The van der Waals surface area contributed by atoms with Crippen LogP contribution in [0.25, 0.3) is 8.96 Å². The van der Waals surface area contributed by atoms with Gasteiger partial charge in [-0.05, 0) is 67.3 Å². The summed E-state index contributed by atoms with van der Waals surface area (Å²) in [5.41, 5.74) is 2.25. The van der Waals surface area contributed by atoms with Gasteiger partial charge in [-0.2, -0.15) is 0 Å². The van der Waals surface area contributed by atoms with Crippen LogP contribution in [0.4, 0.5) is 0 Å². The Morgan fingerprint density at radius 1 is 0.667 bits per heavy atom. The van der Waals surface area contributed by atoms with Gasteiger partial charge >= 0.3 is 0 Å². The predicted molar refractivity (Wildman–Crippen MR) is 93.0 cm³/mol. The average molecular weight is 496 g/mol. The molecule has 92 valence electrons. The van der Waals surface area contributed by atoms with Gasteiger partial charge < -0.3 is 0 Å². The molecule has 2 rings (SSSR count). The zero-order valence-corrected chi connectivity index (χ0v) is 15.5. The van der Waals surface area contributed by atoms with E-state index in [9.17, 15) is 0 Å². The van der Waals surface area contributed by atoms with Gasteiger partial charge in [0, 0.05) is 17.9 Å². The SMILES string of the molecule is Br/C(=C(/Br)c1cccc(Br)c1)c1ccc(Br)cc1. The molecule has 0 heterocycles. The minimum atomic E-state index is 1.03. The molecule has 0 fully saturated rings. The van der Waals surface area contributed by atoms with Crippen LogP contribution in [-0.2, 0) is 0 Å². The van der Waals surface area contributed by atoms with Gasteiger partial charge in [-0.15, -0.1) is 0 Å². The summed E-state index contributed by atoms with van der Waals surface area (Å²) in [6.45, 7) is 0. The molecule has 0 aliphatic carbocycles. The third kappa shape index (κ3) is 3.56. The van der Waals surface area contributed by atoms with Crippen LogP contribution in [0.3, 0.4) is 0 Å². The molecular formula is C14H8Br4. The molecule has 0 spiro atoms. The number of hydrogen-bond donors (Lipinski definition) is 0. The van der Waals surface area contributed by atoms with Gasteiger partial charge in [-0.3, -0.25) is 0 Å². The topological polar surface area (TPSA) is 0 Å². The van der Waals surface area contributed by atoms with Gasteiger partial charge in [0.2, 0.25) is 0 Å². The van der Waals surface area contributed by atoms with E-state index < -0.39 is 0 Å². The Balaban J connectivity index is 2.44. The van der Waals surface area contributed by atoms with Crippen LogP contribution in [0.1, 0.15) is 11.1 Å². The Morgan fingerprint density at radius 2 is 1.28 bits per heavy atom. The summed E-state index contributed by atoms with van der Waals surface area (Å²) in [4.78, 5) is 0. The third-order valence-corrected chi connectivity index (χ3v) is 5.63. The summed E-state index contributed by atoms with van der Waals surface area (Å²) in [6, 6.07) is 16.3. The molecule has 0 amide bonds. The Bertz CT molecular complexity index is 585. The van der Waals surface area contributed by atoms with Crippen LogP contribution in [0, 0.1) is 0 Å². The summed E-state index contributed by atoms with van der Waals surface area (Å²) in [6.07, 6.45) is 0. The van der Waals surface area contributed by atoms with E-state index in [1.54, 1.807) is 0 Å². The Labute approximate surface area is 140 Å². The molecule has 0 aliphatic heterocycles. The number of rotatable bonds is 2. The van der Waals surface area contributed by atoms with E-state index >= 15 is 0 Å². The van der Waals surface area contributed by atoms with E-state index in [4.69, 9.17) is 0 Å². The highest BCUT2D eigenvalue weighted by Crippen LogP contribution is 2.36. The lowest BCUT2D eigenvalue weighted by molar-refractivity contribution is 1.59. The van der Waals surface area contributed by atoms with E-state index in [1.807, 2.05) is 24.3 Å². The molecule has 2 aromatic carbocycles. The van der Waals surface area contributed by atoms with Crippen molar-refractivity contribution in [1.29, 1.82) is 0 Å².